The average Bonchev–Trinajstić information content (AvgIpc) is 3.62. The number of rotatable bonds is 8. The van der Waals surface area contributed by atoms with Gasteiger partial charge in [-0.15, -0.1) is 0 Å². The SMILES string of the molecule is COc1cc2nc(CCn3c(=O)n4n(c3=O)C3CC5C(=O)N(c6cccc(Cl)c6)C(=O)C5(c5ccccc5)C(c5ccc(O)c(F)c5)C3=CC4)c(=O)n(C)c2cc1OC. The molecule has 1 saturated carbocycles. The number of benzene rings is 4. The van der Waals surface area contributed by atoms with Gasteiger partial charge in [0.1, 0.15) is 5.69 Å². The number of anilines is 1. The zero-order chi connectivity index (χ0) is 41.5. The van der Waals surface area contributed by atoms with Crippen LogP contribution in [0.2, 0.25) is 5.02 Å². The second-order valence-electron chi connectivity index (χ2n) is 14.9. The summed E-state index contributed by atoms with van der Waals surface area (Å²) in [7, 11) is 4.55. The zero-order valence-electron chi connectivity index (χ0n) is 32.0. The molecule has 4 aromatic carbocycles. The van der Waals surface area contributed by atoms with Crippen molar-refractivity contribution in [1.82, 2.24) is 23.5 Å². The number of hydrogen-bond donors (Lipinski definition) is 1. The van der Waals surface area contributed by atoms with Gasteiger partial charge in [0, 0.05) is 43.1 Å². The number of phenols is 1. The van der Waals surface area contributed by atoms with Crippen molar-refractivity contribution in [3.63, 3.8) is 0 Å². The molecule has 2 aliphatic heterocycles. The minimum Gasteiger partial charge on any atom is -0.505 e. The van der Waals surface area contributed by atoms with Gasteiger partial charge < -0.3 is 19.1 Å². The van der Waals surface area contributed by atoms with Crippen LogP contribution in [-0.4, -0.2) is 54.6 Å². The quantitative estimate of drug-likeness (QED) is 0.171. The van der Waals surface area contributed by atoms with Crippen LogP contribution in [0.4, 0.5) is 10.1 Å². The fourth-order valence-corrected chi connectivity index (χ4v) is 9.60. The fourth-order valence-electron chi connectivity index (χ4n) is 9.41. The lowest BCUT2D eigenvalue weighted by Gasteiger charge is -2.49. The van der Waals surface area contributed by atoms with Gasteiger partial charge in [0.25, 0.3) is 5.56 Å². The molecule has 0 bridgehead atoms. The molecule has 6 aromatic rings. The molecule has 1 aliphatic carbocycles. The summed E-state index contributed by atoms with van der Waals surface area (Å²) in [4.78, 5) is 78.0. The summed E-state index contributed by atoms with van der Waals surface area (Å²) < 4.78 is 31.2. The van der Waals surface area contributed by atoms with Crippen LogP contribution in [0, 0.1) is 11.7 Å². The smallest absolute Gasteiger partial charge is 0.347 e. The van der Waals surface area contributed by atoms with Crippen molar-refractivity contribution in [3.05, 3.63) is 156 Å². The molecule has 2 amide bonds. The Morgan fingerprint density at radius 3 is 2.37 bits per heavy atom. The highest BCUT2D eigenvalue weighted by Gasteiger charge is 2.68. The minimum absolute atomic E-state index is 0.0686. The standard InChI is InChI=1S/C43H36ClFN6O8/c1-47-33-22-36(59-3)35(58-2)21-31(33)46-30(39(47)54)15-16-48-41(56)49-17-14-27-32(51(49)42(48)57)20-28-38(53)50(26-11-7-10-25(44)19-26)40(55)43(28,24-8-5-4-6-9-24)37(27)23-12-13-34(52)29(45)18-23/h4-14,18-19,21-22,28,32,37,52H,15-17,20H2,1-3H3. The van der Waals surface area contributed by atoms with Crippen LogP contribution in [-0.2, 0) is 41.6 Å². The summed E-state index contributed by atoms with van der Waals surface area (Å²) in [5, 5.41) is 10.6. The number of ether oxygens (including phenoxy) is 2. The maximum absolute atomic E-state index is 15.4. The maximum Gasteiger partial charge on any atom is 0.347 e. The summed E-state index contributed by atoms with van der Waals surface area (Å²) in [6.45, 7) is -0.283. The molecule has 9 rings (SSSR count). The number of nitrogens with zero attached hydrogens (tertiary/aromatic N) is 6. The van der Waals surface area contributed by atoms with Crippen LogP contribution >= 0.6 is 11.6 Å². The predicted molar refractivity (Wildman–Crippen MR) is 215 cm³/mol. The highest BCUT2D eigenvalue weighted by atomic mass is 35.5. The number of imide groups is 1. The molecule has 0 spiro atoms. The maximum atomic E-state index is 15.4. The molecule has 59 heavy (non-hydrogen) atoms. The van der Waals surface area contributed by atoms with Gasteiger partial charge in [0.2, 0.25) is 11.8 Å². The van der Waals surface area contributed by atoms with Crippen LogP contribution in [0.1, 0.15) is 35.2 Å². The number of hydrogen-bond acceptors (Lipinski definition) is 9. The molecule has 1 saturated heterocycles. The minimum atomic E-state index is -1.64. The Labute approximate surface area is 339 Å². The van der Waals surface area contributed by atoms with Crippen molar-refractivity contribution in [2.75, 3.05) is 19.1 Å². The Kier molecular flexibility index (Phi) is 8.96. The van der Waals surface area contributed by atoms with Gasteiger partial charge in [-0.25, -0.2) is 37.8 Å². The van der Waals surface area contributed by atoms with Gasteiger partial charge in [-0.2, -0.15) is 0 Å². The Morgan fingerprint density at radius 1 is 0.915 bits per heavy atom. The first-order chi connectivity index (χ1) is 28.4. The van der Waals surface area contributed by atoms with E-state index in [1.807, 2.05) is 0 Å². The second kappa shape index (κ2) is 14.0. The first-order valence-electron chi connectivity index (χ1n) is 18.8. The van der Waals surface area contributed by atoms with Gasteiger partial charge in [-0.3, -0.25) is 14.4 Å². The summed E-state index contributed by atoms with van der Waals surface area (Å²) in [5.41, 5.74) is -0.796. The van der Waals surface area contributed by atoms with E-state index in [9.17, 15) is 24.3 Å². The monoisotopic (exact) mass is 818 g/mol. The van der Waals surface area contributed by atoms with E-state index in [4.69, 9.17) is 21.1 Å². The molecule has 2 fully saturated rings. The van der Waals surface area contributed by atoms with Crippen molar-refractivity contribution in [2.45, 2.75) is 43.3 Å². The van der Waals surface area contributed by atoms with E-state index in [-0.39, 0.29) is 42.9 Å². The number of halogens is 2. The van der Waals surface area contributed by atoms with Crippen LogP contribution in [0.5, 0.6) is 17.2 Å². The van der Waals surface area contributed by atoms with Gasteiger partial charge in [-0.1, -0.05) is 60.1 Å². The molecule has 0 radical (unpaired) electrons. The first-order valence-corrected chi connectivity index (χ1v) is 19.2. The van der Waals surface area contributed by atoms with Crippen LogP contribution in [0.15, 0.2) is 111 Å². The lowest BCUT2D eigenvalue weighted by molar-refractivity contribution is -0.124. The van der Waals surface area contributed by atoms with E-state index in [0.717, 1.165) is 15.5 Å². The normalized spacial score (nSPS) is 20.9. The van der Waals surface area contributed by atoms with Crippen LogP contribution in [0.3, 0.4) is 0 Å². The molecule has 300 valence electrons. The number of aryl methyl sites for hydroxylation is 2. The molecule has 4 heterocycles. The molecular weight excluding hydrogens is 783 g/mol. The number of aromatic nitrogens is 5. The van der Waals surface area contributed by atoms with Crippen molar-refractivity contribution < 1.29 is 28.6 Å². The fraction of sp³-hybridized carbons (Fsp3) is 0.256. The third-order valence-electron chi connectivity index (χ3n) is 12.0. The summed E-state index contributed by atoms with van der Waals surface area (Å²) in [6, 6.07) is 21.4. The Balaban J connectivity index is 1.18. The van der Waals surface area contributed by atoms with Crippen molar-refractivity contribution in [1.29, 1.82) is 0 Å². The Morgan fingerprint density at radius 2 is 1.66 bits per heavy atom. The highest BCUT2D eigenvalue weighted by molar-refractivity contribution is 6.32. The summed E-state index contributed by atoms with van der Waals surface area (Å²) in [5.74, 6) is -3.98. The van der Waals surface area contributed by atoms with Crippen LogP contribution in [0.25, 0.3) is 11.0 Å². The Bertz CT molecular complexity index is 2970. The molecule has 1 N–H and O–H groups in total. The number of phenolic OH excluding ortho intramolecular Hbond substituents is 1. The topological polar surface area (TPSA) is 160 Å². The van der Waals surface area contributed by atoms with Crippen molar-refractivity contribution >= 4 is 40.1 Å². The molecule has 4 unspecified atom stereocenters. The van der Waals surface area contributed by atoms with Crippen molar-refractivity contribution in [2.24, 2.45) is 13.0 Å². The molecule has 2 aromatic heterocycles. The van der Waals surface area contributed by atoms with Gasteiger partial charge in [0.15, 0.2) is 23.1 Å². The highest BCUT2D eigenvalue weighted by Crippen LogP contribution is 2.62. The third kappa shape index (κ3) is 5.51. The van der Waals surface area contributed by atoms with E-state index in [0.29, 0.717) is 38.7 Å². The largest absolute Gasteiger partial charge is 0.505 e. The van der Waals surface area contributed by atoms with Gasteiger partial charge >= 0.3 is 11.4 Å². The number of allylic oxidation sites excluding steroid dienone is 2. The zero-order valence-corrected chi connectivity index (χ0v) is 32.7. The lowest BCUT2D eigenvalue weighted by atomic mass is 9.53. The Hall–Kier alpha value is -6.74. The predicted octanol–water partition coefficient (Wildman–Crippen LogP) is 4.61. The van der Waals surface area contributed by atoms with E-state index in [2.05, 4.69) is 4.98 Å². The number of amides is 2. The number of carbonyl (C=O) groups excluding carboxylic acids is 2. The van der Waals surface area contributed by atoms with Crippen molar-refractivity contribution in [3.8, 4) is 17.2 Å². The molecule has 4 atom stereocenters. The summed E-state index contributed by atoms with van der Waals surface area (Å²) >= 11 is 6.37. The summed E-state index contributed by atoms with van der Waals surface area (Å²) in [6.07, 6.45) is 1.62. The lowest BCUT2D eigenvalue weighted by Crippen LogP contribution is -2.53. The van der Waals surface area contributed by atoms with Gasteiger partial charge in [0.05, 0.1) is 54.9 Å². The van der Waals surface area contributed by atoms with E-state index in [1.54, 1.807) is 73.8 Å². The molecule has 14 nitrogen and oxygen atoms in total. The van der Waals surface area contributed by atoms with E-state index >= 15 is 9.18 Å². The first kappa shape index (κ1) is 37.8. The number of carbonyl (C=O) groups is 2. The average molecular weight is 819 g/mol. The number of aromatic hydroxyl groups is 1. The van der Waals surface area contributed by atoms with E-state index in [1.165, 1.54) is 46.3 Å². The third-order valence-corrected chi connectivity index (χ3v) is 12.3. The second-order valence-corrected chi connectivity index (χ2v) is 15.3. The molecule has 16 heteroatoms. The van der Waals surface area contributed by atoms with E-state index < -0.39 is 63.6 Å². The molecule has 3 aliphatic rings. The number of methoxy groups -OCH3 is 2. The van der Waals surface area contributed by atoms with Gasteiger partial charge in [-0.05, 0) is 53.5 Å². The number of fused-ring (bicyclic) bond motifs is 5. The molecular formula is C43H36ClFN6O8. The van der Waals surface area contributed by atoms with Crippen LogP contribution < -0.4 is 31.3 Å².